The third kappa shape index (κ3) is 15.6. The summed E-state index contributed by atoms with van der Waals surface area (Å²) in [4.78, 5) is 0. The molecule has 2 nitrogen and oxygen atoms in total. The third-order valence-corrected chi connectivity index (χ3v) is 5.61. The Bertz CT molecular complexity index is 409. The highest BCUT2D eigenvalue weighted by Gasteiger charge is 2.11. The van der Waals surface area contributed by atoms with Gasteiger partial charge >= 0.3 is 0 Å². The molecule has 0 saturated carbocycles. The molecule has 1 rings (SSSR count). The van der Waals surface area contributed by atoms with Crippen LogP contribution in [-0.4, -0.2) is 13.2 Å². The van der Waals surface area contributed by atoms with Crippen molar-refractivity contribution in [3.8, 4) is 0 Å². The zero-order valence-corrected chi connectivity index (χ0v) is 19.5. The standard InChI is InChI=1S/C27H48O2/c1-3-5-7-9-11-13-15-20-24-28-27(26-22-18-17-19-23-26)29-25-21-16-14-12-10-8-6-4-2/h17-19,22-23,27H,3-16,20-21,24-25H2,1-2H3. The second-order valence-electron chi connectivity index (χ2n) is 8.43. The van der Waals surface area contributed by atoms with Gasteiger partial charge in [0.05, 0.1) is 13.2 Å². The van der Waals surface area contributed by atoms with E-state index in [4.69, 9.17) is 9.47 Å². The van der Waals surface area contributed by atoms with E-state index in [9.17, 15) is 0 Å². The molecule has 2 heteroatoms. The van der Waals surface area contributed by atoms with Gasteiger partial charge in [0.2, 0.25) is 0 Å². The molecule has 0 atom stereocenters. The average Bonchev–Trinajstić information content (AvgIpc) is 2.76. The van der Waals surface area contributed by atoms with Gasteiger partial charge in [0.1, 0.15) is 0 Å². The summed E-state index contributed by atoms with van der Waals surface area (Å²) >= 11 is 0. The number of ether oxygens (including phenoxy) is 2. The van der Waals surface area contributed by atoms with Crippen LogP contribution in [0.5, 0.6) is 0 Å². The van der Waals surface area contributed by atoms with Gasteiger partial charge in [0.25, 0.3) is 0 Å². The molecule has 1 aromatic rings. The molecule has 0 aliphatic heterocycles. The van der Waals surface area contributed by atoms with Gasteiger partial charge in [-0.2, -0.15) is 0 Å². The number of unbranched alkanes of at least 4 members (excludes halogenated alkanes) is 14. The van der Waals surface area contributed by atoms with Crippen molar-refractivity contribution in [2.45, 2.75) is 123 Å². The fraction of sp³-hybridized carbons (Fsp3) is 0.778. The quantitative estimate of drug-likeness (QED) is 0.150. The highest BCUT2D eigenvalue weighted by atomic mass is 16.7. The molecule has 0 saturated heterocycles. The number of rotatable bonds is 21. The average molecular weight is 405 g/mol. The number of hydrogen-bond acceptors (Lipinski definition) is 2. The van der Waals surface area contributed by atoms with Crippen LogP contribution in [0.15, 0.2) is 30.3 Å². The summed E-state index contributed by atoms with van der Waals surface area (Å²) in [5.74, 6) is 0. The predicted molar refractivity (Wildman–Crippen MR) is 126 cm³/mol. The highest BCUT2D eigenvalue weighted by molar-refractivity contribution is 5.15. The van der Waals surface area contributed by atoms with E-state index in [1.165, 1.54) is 89.9 Å². The Hall–Kier alpha value is -0.860. The molecule has 0 bridgehead atoms. The molecule has 0 aromatic heterocycles. The van der Waals surface area contributed by atoms with Gasteiger partial charge in [-0.05, 0) is 12.8 Å². The van der Waals surface area contributed by atoms with Crippen molar-refractivity contribution in [1.29, 1.82) is 0 Å². The Morgan fingerprint density at radius 3 is 1.31 bits per heavy atom. The minimum atomic E-state index is -0.203. The summed E-state index contributed by atoms with van der Waals surface area (Å²) in [6.07, 6.45) is 21.0. The van der Waals surface area contributed by atoms with Crippen molar-refractivity contribution in [1.82, 2.24) is 0 Å². The molecule has 29 heavy (non-hydrogen) atoms. The minimum absolute atomic E-state index is 0.203. The Morgan fingerprint density at radius 1 is 0.517 bits per heavy atom. The second kappa shape index (κ2) is 20.4. The first-order chi connectivity index (χ1) is 14.4. The Morgan fingerprint density at radius 2 is 0.897 bits per heavy atom. The topological polar surface area (TPSA) is 18.5 Å². The van der Waals surface area contributed by atoms with Crippen molar-refractivity contribution >= 4 is 0 Å². The van der Waals surface area contributed by atoms with Crippen LogP contribution in [0.25, 0.3) is 0 Å². The Kier molecular flexibility index (Phi) is 18.4. The van der Waals surface area contributed by atoms with Crippen molar-refractivity contribution in [2.75, 3.05) is 13.2 Å². The van der Waals surface area contributed by atoms with Gasteiger partial charge in [0.15, 0.2) is 6.29 Å². The van der Waals surface area contributed by atoms with Crippen molar-refractivity contribution in [2.24, 2.45) is 0 Å². The normalized spacial score (nSPS) is 11.4. The van der Waals surface area contributed by atoms with Crippen LogP contribution in [0.4, 0.5) is 0 Å². The summed E-state index contributed by atoms with van der Waals surface area (Å²) in [5.41, 5.74) is 1.15. The van der Waals surface area contributed by atoms with E-state index < -0.39 is 0 Å². The van der Waals surface area contributed by atoms with Gasteiger partial charge in [-0.25, -0.2) is 0 Å². The van der Waals surface area contributed by atoms with E-state index in [-0.39, 0.29) is 6.29 Å². The van der Waals surface area contributed by atoms with E-state index in [0.717, 1.165) is 31.6 Å². The molecule has 0 spiro atoms. The van der Waals surface area contributed by atoms with E-state index in [0.29, 0.717) is 0 Å². The lowest BCUT2D eigenvalue weighted by molar-refractivity contribution is -0.148. The van der Waals surface area contributed by atoms with Gasteiger partial charge < -0.3 is 9.47 Å². The molecule has 0 radical (unpaired) electrons. The van der Waals surface area contributed by atoms with Crippen molar-refractivity contribution in [3.05, 3.63) is 35.9 Å². The van der Waals surface area contributed by atoms with Crippen LogP contribution >= 0.6 is 0 Å². The summed E-state index contributed by atoms with van der Waals surface area (Å²) in [5, 5.41) is 0. The van der Waals surface area contributed by atoms with E-state index in [1.807, 2.05) is 0 Å². The highest BCUT2D eigenvalue weighted by Crippen LogP contribution is 2.20. The summed E-state index contributed by atoms with van der Waals surface area (Å²) < 4.78 is 12.2. The number of benzene rings is 1. The second-order valence-corrected chi connectivity index (χ2v) is 8.43. The molecule has 0 heterocycles. The lowest BCUT2D eigenvalue weighted by Gasteiger charge is -2.19. The molecule has 0 N–H and O–H groups in total. The fourth-order valence-electron chi connectivity index (χ4n) is 3.70. The van der Waals surface area contributed by atoms with Gasteiger partial charge in [-0.15, -0.1) is 0 Å². The van der Waals surface area contributed by atoms with Crippen LogP contribution < -0.4 is 0 Å². The molecule has 0 aliphatic rings. The first-order valence-corrected chi connectivity index (χ1v) is 12.7. The predicted octanol–water partition coefficient (Wildman–Crippen LogP) is 9.00. The molecule has 0 amide bonds. The maximum atomic E-state index is 6.12. The van der Waals surface area contributed by atoms with Gasteiger partial charge in [-0.1, -0.05) is 134 Å². The first-order valence-electron chi connectivity index (χ1n) is 12.7. The maximum absolute atomic E-state index is 6.12. The molecular formula is C27H48O2. The molecule has 168 valence electrons. The lowest BCUT2D eigenvalue weighted by atomic mass is 10.1. The molecule has 0 aliphatic carbocycles. The fourth-order valence-corrected chi connectivity index (χ4v) is 3.70. The van der Waals surface area contributed by atoms with Gasteiger partial charge in [-0.3, -0.25) is 0 Å². The third-order valence-electron chi connectivity index (χ3n) is 5.61. The van der Waals surface area contributed by atoms with E-state index >= 15 is 0 Å². The van der Waals surface area contributed by atoms with Crippen LogP contribution in [0.3, 0.4) is 0 Å². The van der Waals surface area contributed by atoms with Gasteiger partial charge in [0, 0.05) is 5.56 Å². The number of hydrogen-bond donors (Lipinski definition) is 0. The first kappa shape index (κ1) is 26.2. The zero-order chi connectivity index (χ0) is 20.8. The summed E-state index contributed by atoms with van der Waals surface area (Å²) in [6, 6.07) is 10.4. The van der Waals surface area contributed by atoms with Crippen LogP contribution in [0.2, 0.25) is 0 Å². The smallest absolute Gasteiger partial charge is 0.183 e. The largest absolute Gasteiger partial charge is 0.348 e. The van der Waals surface area contributed by atoms with E-state index in [2.05, 4.69) is 44.2 Å². The van der Waals surface area contributed by atoms with Crippen LogP contribution in [0.1, 0.15) is 128 Å². The molecule has 0 fully saturated rings. The van der Waals surface area contributed by atoms with Crippen molar-refractivity contribution < 1.29 is 9.47 Å². The SMILES string of the molecule is CCCCCCCCCCOC(OCCCCCCCCCC)c1ccccc1. The van der Waals surface area contributed by atoms with E-state index in [1.54, 1.807) is 0 Å². The lowest BCUT2D eigenvalue weighted by Crippen LogP contribution is -2.11. The summed E-state index contributed by atoms with van der Waals surface area (Å²) in [6.45, 7) is 6.15. The Labute approximate surface area is 181 Å². The van der Waals surface area contributed by atoms with Crippen molar-refractivity contribution in [3.63, 3.8) is 0 Å². The Balaban J connectivity index is 2.13. The minimum Gasteiger partial charge on any atom is -0.348 e. The summed E-state index contributed by atoms with van der Waals surface area (Å²) in [7, 11) is 0. The molecular weight excluding hydrogens is 356 g/mol. The monoisotopic (exact) mass is 404 g/mol. The van der Waals surface area contributed by atoms with Crippen LogP contribution in [-0.2, 0) is 9.47 Å². The molecule has 0 unspecified atom stereocenters. The van der Waals surface area contributed by atoms with Crippen LogP contribution in [0, 0.1) is 0 Å². The maximum Gasteiger partial charge on any atom is 0.183 e. The molecule has 1 aromatic carbocycles. The zero-order valence-electron chi connectivity index (χ0n) is 19.5.